The van der Waals surface area contributed by atoms with Gasteiger partial charge in [0.05, 0.1) is 0 Å². The van der Waals surface area contributed by atoms with Crippen LogP contribution in [0.1, 0.15) is 30.4 Å². The van der Waals surface area contributed by atoms with Crippen LogP contribution in [0, 0.1) is 12.8 Å². The SMILES string of the molecule is Cc1ccc2c(c1)CC[C@H](C(=O)N1CCC[C@@H](Cn3cncn3)C1)O2. The number of carbonyl (C=O) groups excluding carboxylic acids is 1. The lowest BCUT2D eigenvalue weighted by atomic mass is 9.96. The monoisotopic (exact) mass is 340 g/mol. The van der Waals surface area contributed by atoms with E-state index in [0.717, 1.165) is 51.1 Å². The standard InChI is InChI=1S/C19H24N4O2/c1-14-4-6-17-16(9-14)5-7-18(25-17)19(24)22-8-2-3-15(10-22)11-23-13-20-12-21-23/h4,6,9,12-13,15,18H,2-3,5,7-8,10-11H2,1H3/t15-,18-/m1/s1. The first-order valence-electron chi connectivity index (χ1n) is 9.06. The number of benzene rings is 1. The normalized spacial score (nSPS) is 23.0. The van der Waals surface area contributed by atoms with Crippen molar-refractivity contribution >= 4 is 5.91 Å². The van der Waals surface area contributed by atoms with E-state index < -0.39 is 0 Å². The minimum Gasteiger partial charge on any atom is -0.480 e. The molecule has 0 unspecified atom stereocenters. The minimum atomic E-state index is -0.347. The van der Waals surface area contributed by atoms with Gasteiger partial charge < -0.3 is 9.64 Å². The smallest absolute Gasteiger partial charge is 0.263 e. The number of ether oxygens (including phenoxy) is 1. The number of amides is 1. The number of rotatable bonds is 3. The Morgan fingerprint density at radius 3 is 3.12 bits per heavy atom. The fourth-order valence-corrected chi connectivity index (χ4v) is 3.90. The van der Waals surface area contributed by atoms with Crippen molar-refractivity contribution in [1.29, 1.82) is 0 Å². The van der Waals surface area contributed by atoms with Gasteiger partial charge in [0.15, 0.2) is 6.10 Å². The van der Waals surface area contributed by atoms with Crippen LogP contribution in [0.4, 0.5) is 0 Å². The van der Waals surface area contributed by atoms with Crippen molar-refractivity contribution in [2.75, 3.05) is 13.1 Å². The van der Waals surface area contributed by atoms with E-state index in [0.29, 0.717) is 5.92 Å². The summed E-state index contributed by atoms with van der Waals surface area (Å²) < 4.78 is 7.88. The van der Waals surface area contributed by atoms with Crippen molar-refractivity contribution in [3.8, 4) is 5.75 Å². The zero-order valence-electron chi connectivity index (χ0n) is 14.6. The molecule has 6 heteroatoms. The fraction of sp³-hybridized carbons (Fsp3) is 0.526. The van der Waals surface area contributed by atoms with Crippen LogP contribution in [0.3, 0.4) is 0 Å². The highest BCUT2D eigenvalue weighted by Crippen LogP contribution is 2.30. The Balaban J connectivity index is 1.39. The predicted molar refractivity (Wildman–Crippen MR) is 93.2 cm³/mol. The zero-order valence-corrected chi connectivity index (χ0v) is 14.6. The highest BCUT2D eigenvalue weighted by Gasteiger charge is 2.32. The molecule has 0 spiro atoms. The number of carbonyl (C=O) groups is 1. The van der Waals surface area contributed by atoms with Crippen LogP contribution in [0.2, 0.25) is 0 Å². The number of fused-ring (bicyclic) bond motifs is 1. The number of aromatic nitrogens is 3. The minimum absolute atomic E-state index is 0.134. The van der Waals surface area contributed by atoms with Gasteiger partial charge in [-0.25, -0.2) is 4.98 Å². The average molecular weight is 340 g/mol. The van der Waals surface area contributed by atoms with E-state index in [2.05, 4.69) is 23.1 Å². The van der Waals surface area contributed by atoms with Crippen molar-refractivity contribution in [2.24, 2.45) is 5.92 Å². The van der Waals surface area contributed by atoms with E-state index in [-0.39, 0.29) is 12.0 Å². The third-order valence-corrected chi connectivity index (χ3v) is 5.18. The number of hydrogen-bond acceptors (Lipinski definition) is 4. The molecule has 4 rings (SSSR count). The summed E-state index contributed by atoms with van der Waals surface area (Å²) in [6.45, 7) is 4.50. The van der Waals surface area contributed by atoms with Crippen molar-refractivity contribution in [1.82, 2.24) is 19.7 Å². The van der Waals surface area contributed by atoms with Crippen LogP contribution in [-0.2, 0) is 17.8 Å². The molecule has 2 aliphatic rings. The molecule has 1 aromatic heterocycles. The summed E-state index contributed by atoms with van der Waals surface area (Å²) in [7, 11) is 0. The molecule has 1 saturated heterocycles. The van der Waals surface area contributed by atoms with E-state index in [1.54, 1.807) is 12.7 Å². The molecular weight excluding hydrogens is 316 g/mol. The number of piperidine rings is 1. The molecule has 0 bridgehead atoms. The molecule has 0 radical (unpaired) electrons. The lowest BCUT2D eigenvalue weighted by Crippen LogP contribution is -2.48. The van der Waals surface area contributed by atoms with Gasteiger partial charge in [-0.15, -0.1) is 0 Å². The molecule has 1 amide bonds. The third-order valence-electron chi connectivity index (χ3n) is 5.18. The second-order valence-electron chi connectivity index (χ2n) is 7.17. The van der Waals surface area contributed by atoms with Crippen molar-refractivity contribution in [3.63, 3.8) is 0 Å². The second-order valence-corrected chi connectivity index (χ2v) is 7.17. The molecule has 2 aromatic rings. The zero-order chi connectivity index (χ0) is 17.2. The van der Waals surface area contributed by atoms with E-state index in [9.17, 15) is 4.79 Å². The van der Waals surface area contributed by atoms with Crippen LogP contribution in [-0.4, -0.2) is 44.8 Å². The summed E-state index contributed by atoms with van der Waals surface area (Å²) >= 11 is 0. The Morgan fingerprint density at radius 2 is 2.28 bits per heavy atom. The maximum absolute atomic E-state index is 12.9. The molecule has 1 fully saturated rings. The van der Waals surface area contributed by atoms with Crippen LogP contribution in [0.25, 0.3) is 0 Å². The highest BCUT2D eigenvalue weighted by molar-refractivity contribution is 5.81. The van der Waals surface area contributed by atoms with Crippen LogP contribution in [0.5, 0.6) is 5.75 Å². The largest absolute Gasteiger partial charge is 0.480 e. The van der Waals surface area contributed by atoms with E-state index in [1.165, 1.54) is 11.1 Å². The molecule has 2 aliphatic heterocycles. The van der Waals surface area contributed by atoms with Crippen molar-refractivity contribution in [2.45, 2.75) is 45.3 Å². The van der Waals surface area contributed by atoms with Gasteiger partial charge in [0.1, 0.15) is 18.4 Å². The molecular formula is C19H24N4O2. The van der Waals surface area contributed by atoms with Gasteiger partial charge >= 0.3 is 0 Å². The molecule has 0 aliphatic carbocycles. The van der Waals surface area contributed by atoms with Gasteiger partial charge in [-0.05, 0) is 50.2 Å². The van der Waals surface area contributed by atoms with Gasteiger partial charge in [0.2, 0.25) is 0 Å². The molecule has 0 N–H and O–H groups in total. The maximum Gasteiger partial charge on any atom is 0.263 e. The molecule has 1 aromatic carbocycles. The Labute approximate surface area is 147 Å². The number of likely N-dealkylation sites (tertiary alicyclic amines) is 1. The van der Waals surface area contributed by atoms with E-state index in [1.807, 2.05) is 21.7 Å². The molecule has 0 saturated carbocycles. The van der Waals surface area contributed by atoms with Gasteiger partial charge in [-0.2, -0.15) is 5.10 Å². The number of aryl methyl sites for hydroxylation is 2. The Morgan fingerprint density at radius 1 is 1.36 bits per heavy atom. The lowest BCUT2D eigenvalue weighted by molar-refractivity contribution is -0.141. The van der Waals surface area contributed by atoms with Crippen molar-refractivity contribution in [3.05, 3.63) is 42.0 Å². The highest BCUT2D eigenvalue weighted by atomic mass is 16.5. The van der Waals surface area contributed by atoms with Crippen LogP contribution < -0.4 is 4.74 Å². The lowest BCUT2D eigenvalue weighted by Gasteiger charge is -2.36. The fourth-order valence-electron chi connectivity index (χ4n) is 3.90. The third kappa shape index (κ3) is 3.52. The summed E-state index contributed by atoms with van der Waals surface area (Å²) in [4.78, 5) is 18.9. The van der Waals surface area contributed by atoms with Gasteiger partial charge in [-0.3, -0.25) is 9.48 Å². The Bertz CT molecular complexity index is 744. The summed E-state index contributed by atoms with van der Waals surface area (Å²) in [6, 6.07) is 6.19. The predicted octanol–water partition coefficient (Wildman–Crippen LogP) is 2.22. The van der Waals surface area contributed by atoms with Gasteiger partial charge in [0, 0.05) is 19.6 Å². The summed E-state index contributed by atoms with van der Waals surface area (Å²) in [5.74, 6) is 1.43. The van der Waals surface area contributed by atoms with Crippen molar-refractivity contribution < 1.29 is 9.53 Å². The van der Waals surface area contributed by atoms with E-state index >= 15 is 0 Å². The first kappa shape index (κ1) is 16.1. The Kier molecular flexibility index (Phi) is 4.42. The molecule has 2 atom stereocenters. The van der Waals surface area contributed by atoms with Crippen LogP contribution >= 0.6 is 0 Å². The number of hydrogen-bond donors (Lipinski definition) is 0. The quantitative estimate of drug-likeness (QED) is 0.860. The second kappa shape index (κ2) is 6.86. The first-order chi connectivity index (χ1) is 12.2. The molecule has 25 heavy (non-hydrogen) atoms. The van der Waals surface area contributed by atoms with Gasteiger partial charge in [-0.1, -0.05) is 17.7 Å². The Hall–Kier alpha value is -2.37. The molecule has 3 heterocycles. The molecule has 132 valence electrons. The van der Waals surface area contributed by atoms with Gasteiger partial charge in [0.25, 0.3) is 5.91 Å². The van der Waals surface area contributed by atoms with E-state index in [4.69, 9.17) is 4.74 Å². The summed E-state index contributed by atoms with van der Waals surface area (Å²) in [6.07, 6.45) is 6.78. The summed E-state index contributed by atoms with van der Waals surface area (Å²) in [5.41, 5.74) is 2.45. The number of nitrogens with zero attached hydrogens (tertiary/aromatic N) is 4. The topological polar surface area (TPSA) is 60.2 Å². The first-order valence-corrected chi connectivity index (χ1v) is 9.06. The molecule has 6 nitrogen and oxygen atoms in total. The summed E-state index contributed by atoms with van der Waals surface area (Å²) in [5, 5.41) is 4.18. The average Bonchev–Trinajstić information content (AvgIpc) is 3.14. The maximum atomic E-state index is 12.9. The van der Waals surface area contributed by atoms with Crippen LogP contribution in [0.15, 0.2) is 30.9 Å².